The molecule has 0 aromatic heterocycles. The number of hydrogen-bond donors (Lipinski definition) is 3. The van der Waals surface area contributed by atoms with Crippen molar-refractivity contribution in [2.24, 2.45) is 0 Å². The van der Waals surface area contributed by atoms with Crippen molar-refractivity contribution < 1.29 is 9.53 Å². The topological polar surface area (TPSA) is 76.4 Å². The molecule has 104 valence electrons. The van der Waals surface area contributed by atoms with E-state index in [1.807, 2.05) is 24.3 Å². The fourth-order valence-corrected chi connectivity index (χ4v) is 1.77. The molecule has 0 aliphatic rings. The molecule has 2 aromatic rings. The molecule has 0 saturated heterocycles. The van der Waals surface area contributed by atoms with Crippen LogP contribution in [0.25, 0.3) is 0 Å². The van der Waals surface area contributed by atoms with Crippen LogP contribution >= 0.6 is 0 Å². The zero-order chi connectivity index (χ0) is 14.4. The van der Waals surface area contributed by atoms with Gasteiger partial charge in [0.15, 0.2) is 0 Å². The smallest absolute Gasteiger partial charge is 0.323 e. The summed E-state index contributed by atoms with van der Waals surface area (Å²) in [4.78, 5) is 11.9. The average molecular weight is 271 g/mol. The van der Waals surface area contributed by atoms with Gasteiger partial charge in [-0.05, 0) is 42.0 Å². The van der Waals surface area contributed by atoms with Gasteiger partial charge < -0.3 is 21.1 Å². The molecule has 2 rings (SSSR count). The van der Waals surface area contributed by atoms with E-state index in [0.717, 1.165) is 5.56 Å². The summed E-state index contributed by atoms with van der Waals surface area (Å²) >= 11 is 0. The molecule has 0 atom stereocenters. The first-order valence-electron chi connectivity index (χ1n) is 6.19. The summed E-state index contributed by atoms with van der Waals surface area (Å²) in [6, 6.07) is 14.1. The zero-order valence-electron chi connectivity index (χ0n) is 11.2. The Morgan fingerprint density at radius 3 is 2.50 bits per heavy atom. The van der Waals surface area contributed by atoms with Crippen molar-refractivity contribution in [2.45, 2.75) is 6.61 Å². The fraction of sp³-hybridized carbons (Fsp3) is 0.133. The van der Waals surface area contributed by atoms with Crippen LogP contribution in [0.2, 0.25) is 0 Å². The summed E-state index contributed by atoms with van der Waals surface area (Å²) in [6.45, 7) is 0.509. The molecule has 20 heavy (non-hydrogen) atoms. The fourth-order valence-electron chi connectivity index (χ4n) is 1.77. The van der Waals surface area contributed by atoms with Crippen molar-refractivity contribution in [3.63, 3.8) is 0 Å². The summed E-state index contributed by atoms with van der Waals surface area (Å²) < 4.78 is 5.05. The number of nitrogen functional groups attached to an aromatic ring is 1. The van der Waals surface area contributed by atoms with Crippen LogP contribution in [0.3, 0.4) is 0 Å². The van der Waals surface area contributed by atoms with Gasteiger partial charge in [0.1, 0.15) is 0 Å². The number of amides is 2. The van der Waals surface area contributed by atoms with Gasteiger partial charge in [-0.3, -0.25) is 0 Å². The Balaban J connectivity index is 1.97. The van der Waals surface area contributed by atoms with Crippen LogP contribution < -0.4 is 16.4 Å². The molecule has 4 N–H and O–H groups in total. The number of nitrogens with two attached hydrogens (primary N) is 1. The summed E-state index contributed by atoms with van der Waals surface area (Å²) in [5, 5.41) is 5.50. The van der Waals surface area contributed by atoms with E-state index >= 15 is 0 Å². The lowest BCUT2D eigenvalue weighted by molar-refractivity contribution is 0.185. The number of carbonyl (C=O) groups excluding carboxylic acids is 1. The monoisotopic (exact) mass is 271 g/mol. The van der Waals surface area contributed by atoms with Gasteiger partial charge in [-0.2, -0.15) is 0 Å². The summed E-state index contributed by atoms with van der Waals surface area (Å²) in [5.74, 6) is 0. The molecule has 0 unspecified atom stereocenters. The SMILES string of the molecule is COCc1cccc(NC(=O)Nc2ccc(N)cc2)c1. The van der Waals surface area contributed by atoms with Crippen LogP contribution in [0.1, 0.15) is 5.56 Å². The number of urea groups is 1. The molecule has 0 bridgehead atoms. The van der Waals surface area contributed by atoms with Crippen LogP contribution in [0.4, 0.5) is 21.9 Å². The third-order valence-corrected chi connectivity index (χ3v) is 2.66. The van der Waals surface area contributed by atoms with E-state index in [0.29, 0.717) is 23.7 Å². The van der Waals surface area contributed by atoms with E-state index in [1.54, 1.807) is 31.4 Å². The first-order chi connectivity index (χ1) is 9.67. The first kappa shape index (κ1) is 13.9. The van der Waals surface area contributed by atoms with Crippen LogP contribution in [0.5, 0.6) is 0 Å². The number of carbonyl (C=O) groups is 1. The standard InChI is InChI=1S/C15H17N3O2/c1-20-10-11-3-2-4-14(9-11)18-15(19)17-13-7-5-12(16)6-8-13/h2-9H,10,16H2,1H3,(H2,17,18,19). The van der Waals surface area contributed by atoms with Crippen LogP contribution in [0.15, 0.2) is 48.5 Å². The average Bonchev–Trinajstić information content (AvgIpc) is 2.42. The van der Waals surface area contributed by atoms with Gasteiger partial charge in [0, 0.05) is 24.2 Å². The van der Waals surface area contributed by atoms with E-state index in [-0.39, 0.29) is 6.03 Å². The lowest BCUT2D eigenvalue weighted by atomic mass is 10.2. The maximum Gasteiger partial charge on any atom is 0.323 e. The first-order valence-corrected chi connectivity index (χ1v) is 6.19. The summed E-state index contributed by atoms with van der Waals surface area (Å²) in [5.41, 5.74) is 8.64. The maximum atomic E-state index is 11.9. The Kier molecular flexibility index (Phi) is 4.57. The van der Waals surface area contributed by atoms with Gasteiger partial charge in [-0.15, -0.1) is 0 Å². The zero-order valence-corrected chi connectivity index (χ0v) is 11.2. The Hall–Kier alpha value is -2.53. The minimum absolute atomic E-state index is 0.302. The minimum Gasteiger partial charge on any atom is -0.399 e. The maximum absolute atomic E-state index is 11.9. The van der Waals surface area contributed by atoms with E-state index in [4.69, 9.17) is 10.5 Å². The number of rotatable bonds is 4. The highest BCUT2D eigenvalue weighted by molar-refractivity contribution is 5.99. The Morgan fingerprint density at radius 2 is 1.80 bits per heavy atom. The summed E-state index contributed by atoms with van der Waals surface area (Å²) in [6.07, 6.45) is 0. The van der Waals surface area contributed by atoms with E-state index in [2.05, 4.69) is 10.6 Å². The highest BCUT2D eigenvalue weighted by Crippen LogP contribution is 2.13. The molecule has 0 radical (unpaired) electrons. The molecule has 0 aliphatic heterocycles. The van der Waals surface area contributed by atoms with E-state index in [1.165, 1.54) is 0 Å². The van der Waals surface area contributed by atoms with Crippen molar-refractivity contribution in [1.29, 1.82) is 0 Å². The normalized spacial score (nSPS) is 10.1. The molecule has 2 aromatic carbocycles. The van der Waals surface area contributed by atoms with Gasteiger partial charge in [0.25, 0.3) is 0 Å². The van der Waals surface area contributed by atoms with Crippen molar-refractivity contribution in [2.75, 3.05) is 23.5 Å². The van der Waals surface area contributed by atoms with Gasteiger partial charge in [-0.25, -0.2) is 4.79 Å². The highest BCUT2D eigenvalue weighted by atomic mass is 16.5. The third kappa shape index (κ3) is 4.00. The Bertz CT molecular complexity index is 582. The lowest BCUT2D eigenvalue weighted by Crippen LogP contribution is -2.19. The number of anilines is 3. The third-order valence-electron chi connectivity index (χ3n) is 2.66. The predicted molar refractivity (Wildman–Crippen MR) is 80.7 cm³/mol. The molecule has 5 heteroatoms. The van der Waals surface area contributed by atoms with Crippen LogP contribution in [-0.4, -0.2) is 13.1 Å². The molecule has 0 heterocycles. The number of hydrogen-bond acceptors (Lipinski definition) is 3. The van der Waals surface area contributed by atoms with E-state index < -0.39 is 0 Å². The van der Waals surface area contributed by atoms with Crippen molar-refractivity contribution in [3.8, 4) is 0 Å². The van der Waals surface area contributed by atoms with Gasteiger partial charge in [-0.1, -0.05) is 12.1 Å². The predicted octanol–water partition coefficient (Wildman–Crippen LogP) is 3.06. The minimum atomic E-state index is -0.302. The van der Waals surface area contributed by atoms with Crippen molar-refractivity contribution in [1.82, 2.24) is 0 Å². The largest absolute Gasteiger partial charge is 0.399 e. The van der Waals surface area contributed by atoms with Crippen LogP contribution in [-0.2, 0) is 11.3 Å². The highest BCUT2D eigenvalue weighted by Gasteiger charge is 2.03. The second kappa shape index (κ2) is 6.58. The number of benzene rings is 2. The second-order valence-electron chi connectivity index (χ2n) is 4.33. The molecule has 2 amide bonds. The van der Waals surface area contributed by atoms with Gasteiger partial charge in [0.2, 0.25) is 0 Å². The lowest BCUT2D eigenvalue weighted by Gasteiger charge is -2.09. The molecule has 0 aliphatic carbocycles. The molecular weight excluding hydrogens is 254 g/mol. The number of nitrogens with one attached hydrogen (secondary N) is 2. The Morgan fingerprint density at radius 1 is 1.10 bits per heavy atom. The van der Waals surface area contributed by atoms with Gasteiger partial charge >= 0.3 is 6.03 Å². The Labute approximate surface area is 117 Å². The van der Waals surface area contributed by atoms with Crippen LogP contribution in [0, 0.1) is 0 Å². The van der Waals surface area contributed by atoms with Crippen molar-refractivity contribution >= 4 is 23.1 Å². The second-order valence-corrected chi connectivity index (χ2v) is 4.33. The van der Waals surface area contributed by atoms with E-state index in [9.17, 15) is 4.79 Å². The molecule has 5 nitrogen and oxygen atoms in total. The molecule has 0 fully saturated rings. The number of methoxy groups -OCH3 is 1. The molecule has 0 saturated carbocycles. The quantitative estimate of drug-likeness (QED) is 0.748. The van der Waals surface area contributed by atoms with Gasteiger partial charge in [0.05, 0.1) is 6.61 Å². The molecule has 0 spiro atoms. The summed E-state index contributed by atoms with van der Waals surface area (Å²) in [7, 11) is 1.63. The van der Waals surface area contributed by atoms with Crippen molar-refractivity contribution in [3.05, 3.63) is 54.1 Å². The number of ether oxygens (including phenoxy) is 1. The molecular formula is C15H17N3O2.